The van der Waals surface area contributed by atoms with Gasteiger partial charge in [-0.3, -0.25) is 0 Å². The van der Waals surface area contributed by atoms with Crippen molar-refractivity contribution < 1.29 is 32.9 Å². The van der Waals surface area contributed by atoms with E-state index in [9.17, 15) is 9.18 Å². The Morgan fingerprint density at radius 2 is 1.93 bits per heavy atom. The number of carbonyl (C=O) groups excluding carboxylic acids is 1. The zero-order valence-corrected chi connectivity index (χ0v) is 28.1. The number of hydrogen-bond donors (Lipinski definition) is 0. The highest BCUT2D eigenvalue weighted by Gasteiger charge is 2.38. The van der Waals surface area contributed by atoms with E-state index < -0.39 is 17.7 Å². The molecule has 5 heterocycles. The number of aromatic nitrogens is 3. The predicted molar refractivity (Wildman–Crippen MR) is 172 cm³/mol. The maximum atomic E-state index is 14.2. The Labute approximate surface area is 270 Å². The first-order chi connectivity index (χ1) is 21.9. The van der Waals surface area contributed by atoms with Crippen LogP contribution in [-0.2, 0) is 37.0 Å². The van der Waals surface area contributed by atoms with Gasteiger partial charge in [-0.2, -0.15) is 9.61 Å². The first kappa shape index (κ1) is 33.8. The molecule has 6 rings (SSSR count). The zero-order valence-electron chi connectivity index (χ0n) is 28.1. The van der Waals surface area contributed by atoms with Crippen molar-refractivity contribution in [3.8, 4) is 5.75 Å². The van der Waals surface area contributed by atoms with E-state index in [-0.39, 0.29) is 37.3 Å². The maximum Gasteiger partial charge on any atom is 0.340 e. The zero-order chi connectivity index (χ0) is 33.1. The van der Waals surface area contributed by atoms with Crippen molar-refractivity contribution in [1.82, 2.24) is 14.6 Å². The lowest BCUT2D eigenvalue weighted by atomic mass is 9.92. The maximum absolute atomic E-state index is 14.2. The van der Waals surface area contributed by atoms with Crippen LogP contribution in [0.3, 0.4) is 0 Å². The Kier molecular flexibility index (Phi) is 10.3. The van der Waals surface area contributed by atoms with Gasteiger partial charge in [0.2, 0.25) is 0 Å². The molecule has 3 aliphatic heterocycles. The Balaban J connectivity index is 1.58. The molecule has 4 bridgehead atoms. The van der Waals surface area contributed by atoms with Gasteiger partial charge in [0.25, 0.3) is 0 Å². The van der Waals surface area contributed by atoms with Crippen molar-refractivity contribution in [2.45, 2.75) is 104 Å². The molecule has 1 saturated heterocycles. The van der Waals surface area contributed by atoms with Gasteiger partial charge in [-0.1, -0.05) is 12.2 Å². The van der Waals surface area contributed by atoms with Gasteiger partial charge in [0.15, 0.2) is 11.8 Å². The molecule has 0 aliphatic carbocycles. The summed E-state index contributed by atoms with van der Waals surface area (Å²) in [5.74, 6) is 0.483. The van der Waals surface area contributed by atoms with Crippen LogP contribution in [0.2, 0.25) is 0 Å². The molecule has 0 N–H and O–H groups in total. The van der Waals surface area contributed by atoms with Crippen LogP contribution < -0.4 is 9.64 Å². The van der Waals surface area contributed by atoms with Crippen LogP contribution in [0, 0.1) is 12.7 Å². The molecular weight excluding hydrogens is 591 g/mol. The summed E-state index contributed by atoms with van der Waals surface area (Å²) < 4.78 is 46.5. The smallest absolute Gasteiger partial charge is 0.340 e. The Morgan fingerprint density at radius 3 is 2.65 bits per heavy atom. The number of halogens is 1. The minimum atomic E-state index is -1.01. The van der Waals surface area contributed by atoms with E-state index in [1.807, 2.05) is 46.8 Å². The third-order valence-corrected chi connectivity index (χ3v) is 8.23. The van der Waals surface area contributed by atoms with Gasteiger partial charge in [0.1, 0.15) is 17.4 Å². The number of carbonyl (C=O) groups is 1. The first-order valence-corrected chi connectivity index (χ1v) is 16.2. The number of piperidine rings is 1. The minimum absolute atomic E-state index is 0.119. The van der Waals surface area contributed by atoms with Crippen LogP contribution in [0.4, 0.5) is 10.2 Å². The lowest BCUT2D eigenvalue weighted by molar-refractivity contribution is -0.166. The summed E-state index contributed by atoms with van der Waals surface area (Å²) in [6.07, 6.45) is 5.19. The van der Waals surface area contributed by atoms with E-state index in [0.717, 1.165) is 18.7 Å². The van der Waals surface area contributed by atoms with Crippen molar-refractivity contribution in [1.29, 1.82) is 0 Å². The van der Waals surface area contributed by atoms with Gasteiger partial charge in [0, 0.05) is 36.8 Å². The number of esters is 1. The number of benzene rings is 1. The van der Waals surface area contributed by atoms with Crippen molar-refractivity contribution in [3.63, 3.8) is 0 Å². The van der Waals surface area contributed by atoms with E-state index >= 15 is 0 Å². The standard InChI is InChI=1S/C35H47FN4O6/c1-8-43-33(41)31(46-34(4,5)6)30-24(3)37-29-20-27-22-42-21-25-19-26(36)12-13-28(25)45-23(2)11-9-10-18-44-35(7)14-16-39(17-15-35)32(30)40(29)38-27/h9-10,12-13,19-20,23,31H,8,11,14-18,21-22H2,1-7H3/b10-9-/t23-,31-/m0/s1. The number of rotatable bonds is 4. The Hall–Kier alpha value is -3.54. The van der Waals surface area contributed by atoms with Crippen LogP contribution in [0.15, 0.2) is 36.4 Å². The van der Waals surface area contributed by atoms with Gasteiger partial charge < -0.3 is 28.6 Å². The second-order valence-electron chi connectivity index (χ2n) is 13.3. The molecule has 0 unspecified atom stereocenters. The summed E-state index contributed by atoms with van der Waals surface area (Å²) in [5.41, 5.74) is 2.20. The number of nitrogens with zero attached hydrogens (tertiary/aromatic N) is 4. The molecule has 1 aromatic carbocycles. The molecule has 0 radical (unpaired) electrons. The van der Waals surface area contributed by atoms with E-state index in [0.29, 0.717) is 60.0 Å². The van der Waals surface area contributed by atoms with E-state index in [1.54, 1.807) is 17.5 Å². The molecule has 0 saturated carbocycles. The third kappa shape index (κ3) is 8.05. The average Bonchev–Trinajstić information content (AvgIpc) is 3.38. The second-order valence-corrected chi connectivity index (χ2v) is 13.3. The summed E-state index contributed by atoms with van der Waals surface area (Å²) in [6.45, 7) is 15.9. The summed E-state index contributed by atoms with van der Waals surface area (Å²) in [5, 5.41) is 4.92. The average molecular weight is 639 g/mol. The molecule has 11 heteroatoms. The number of aryl methyl sites for hydroxylation is 1. The fraction of sp³-hybridized carbons (Fsp3) is 0.571. The van der Waals surface area contributed by atoms with Gasteiger partial charge >= 0.3 is 5.97 Å². The van der Waals surface area contributed by atoms with Gasteiger partial charge in [-0.25, -0.2) is 14.2 Å². The van der Waals surface area contributed by atoms with Crippen molar-refractivity contribution in [3.05, 3.63) is 64.7 Å². The number of ether oxygens (including phenoxy) is 5. The number of hydrogen-bond acceptors (Lipinski definition) is 9. The fourth-order valence-corrected chi connectivity index (χ4v) is 5.89. The quantitative estimate of drug-likeness (QED) is 0.237. The summed E-state index contributed by atoms with van der Waals surface area (Å²) >= 11 is 0. The highest BCUT2D eigenvalue weighted by Crippen LogP contribution is 2.38. The Bertz CT molecular complexity index is 1560. The van der Waals surface area contributed by atoms with Gasteiger partial charge in [-0.15, -0.1) is 0 Å². The van der Waals surface area contributed by atoms with Crippen LogP contribution in [-0.4, -0.2) is 64.2 Å². The summed E-state index contributed by atoms with van der Waals surface area (Å²) in [4.78, 5) is 20.6. The van der Waals surface area contributed by atoms with Crippen molar-refractivity contribution in [2.24, 2.45) is 0 Å². The number of anilines is 1. The van der Waals surface area contributed by atoms with E-state index in [4.69, 9.17) is 33.8 Å². The molecule has 0 amide bonds. The molecular formula is C35H47FN4O6. The van der Waals surface area contributed by atoms with E-state index in [2.05, 4.69) is 17.9 Å². The lowest BCUT2D eigenvalue weighted by Gasteiger charge is -2.41. The molecule has 3 aromatic rings. The van der Waals surface area contributed by atoms with Gasteiger partial charge in [0.05, 0.1) is 55.0 Å². The molecule has 10 nitrogen and oxygen atoms in total. The SMILES string of the molecule is CCOC(=O)[C@@H](OC(C)(C)C)c1c(C)nc2cc3nn2c1N1CCC(C)(CC1)OC/C=C\C[C@H](C)Oc1ccc(F)cc1COC3. The molecule has 46 heavy (non-hydrogen) atoms. The monoisotopic (exact) mass is 638 g/mol. The highest BCUT2D eigenvalue weighted by atomic mass is 19.1. The van der Waals surface area contributed by atoms with E-state index in [1.165, 1.54) is 12.1 Å². The molecule has 1 fully saturated rings. The molecule has 250 valence electrons. The highest BCUT2D eigenvalue weighted by molar-refractivity contribution is 5.80. The lowest BCUT2D eigenvalue weighted by Crippen LogP contribution is -2.45. The van der Waals surface area contributed by atoms with Gasteiger partial charge in [-0.05, 0) is 79.5 Å². The summed E-state index contributed by atoms with van der Waals surface area (Å²) in [6, 6.07) is 6.34. The molecule has 0 spiro atoms. The minimum Gasteiger partial charge on any atom is -0.490 e. The second kappa shape index (κ2) is 14.1. The molecule has 3 aliphatic rings. The van der Waals surface area contributed by atoms with Crippen molar-refractivity contribution >= 4 is 17.4 Å². The van der Waals surface area contributed by atoms with Crippen LogP contribution in [0.5, 0.6) is 5.75 Å². The van der Waals surface area contributed by atoms with Crippen LogP contribution >= 0.6 is 0 Å². The third-order valence-electron chi connectivity index (χ3n) is 8.23. The molecule has 2 aromatic heterocycles. The Morgan fingerprint density at radius 1 is 1.17 bits per heavy atom. The largest absolute Gasteiger partial charge is 0.490 e. The molecule has 2 atom stereocenters. The topological polar surface area (TPSA) is 96.7 Å². The first-order valence-electron chi connectivity index (χ1n) is 16.2. The number of fused-ring (bicyclic) bond motifs is 9. The van der Waals surface area contributed by atoms with Crippen LogP contribution in [0.25, 0.3) is 5.65 Å². The van der Waals surface area contributed by atoms with Crippen LogP contribution in [0.1, 0.15) is 89.4 Å². The summed E-state index contributed by atoms with van der Waals surface area (Å²) in [7, 11) is 0. The normalized spacial score (nSPS) is 22.7. The fourth-order valence-electron chi connectivity index (χ4n) is 5.89. The predicted octanol–water partition coefficient (Wildman–Crippen LogP) is 6.42. The van der Waals surface area contributed by atoms with Crippen molar-refractivity contribution in [2.75, 3.05) is 31.2 Å².